The van der Waals surface area contributed by atoms with Crippen LogP contribution < -0.4 is 5.32 Å². The average molecular weight is 327 g/mol. The molecule has 0 unspecified atom stereocenters. The standard InChI is InChI=1S/C17H11ClN2O3/c18-14-2-1-3-15(9-14)20-16(21)13(10-19)8-11-4-6-12(7-5-11)17(22)23/h1-9H,(H,20,21)(H,22,23)/b13-8-. The molecule has 114 valence electrons. The summed E-state index contributed by atoms with van der Waals surface area (Å²) in [6.07, 6.45) is 1.38. The maximum Gasteiger partial charge on any atom is 0.335 e. The van der Waals surface area contributed by atoms with E-state index in [9.17, 15) is 9.59 Å². The van der Waals surface area contributed by atoms with Crippen molar-refractivity contribution in [3.05, 3.63) is 70.3 Å². The molecule has 0 saturated heterocycles. The molecule has 2 aromatic rings. The Bertz CT molecular complexity index is 820. The van der Waals surface area contributed by atoms with E-state index in [4.69, 9.17) is 22.0 Å². The van der Waals surface area contributed by atoms with Crippen molar-refractivity contribution in [1.29, 1.82) is 5.26 Å². The number of halogens is 1. The van der Waals surface area contributed by atoms with Gasteiger partial charge in [-0.1, -0.05) is 29.8 Å². The molecule has 5 nitrogen and oxygen atoms in total. The first kappa shape index (κ1) is 16.3. The van der Waals surface area contributed by atoms with Crippen molar-refractivity contribution in [3.63, 3.8) is 0 Å². The maximum atomic E-state index is 12.1. The molecule has 0 bridgehead atoms. The molecule has 0 aromatic heterocycles. The molecular formula is C17H11ClN2O3. The van der Waals surface area contributed by atoms with E-state index in [1.807, 2.05) is 6.07 Å². The average Bonchev–Trinajstić information content (AvgIpc) is 2.53. The molecule has 0 atom stereocenters. The number of carboxylic acids is 1. The number of nitrogens with zero attached hydrogens (tertiary/aromatic N) is 1. The van der Waals surface area contributed by atoms with E-state index < -0.39 is 11.9 Å². The SMILES string of the molecule is N#C/C(=C/c1ccc(C(=O)O)cc1)C(=O)Nc1cccc(Cl)c1. The lowest BCUT2D eigenvalue weighted by molar-refractivity contribution is -0.112. The van der Waals surface area contributed by atoms with Crippen LogP contribution in [0.5, 0.6) is 0 Å². The van der Waals surface area contributed by atoms with Crippen molar-refractivity contribution in [2.24, 2.45) is 0 Å². The summed E-state index contributed by atoms with van der Waals surface area (Å²) in [7, 11) is 0. The minimum absolute atomic E-state index is 0.104. The molecule has 0 aliphatic carbocycles. The van der Waals surface area contributed by atoms with Crippen LogP contribution in [0.15, 0.2) is 54.1 Å². The minimum Gasteiger partial charge on any atom is -0.478 e. The number of amides is 1. The van der Waals surface area contributed by atoms with Crippen molar-refractivity contribution in [2.45, 2.75) is 0 Å². The lowest BCUT2D eigenvalue weighted by Gasteiger charge is -2.04. The first-order valence-electron chi connectivity index (χ1n) is 6.51. The summed E-state index contributed by atoms with van der Waals surface area (Å²) < 4.78 is 0. The van der Waals surface area contributed by atoms with Gasteiger partial charge in [0, 0.05) is 10.7 Å². The summed E-state index contributed by atoms with van der Waals surface area (Å²) >= 11 is 5.83. The lowest BCUT2D eigenvalue weighted by Crippen LogP contribution is -2.13. The second-order valence-electron chi connectivity index (χ2n) is 4.56. The summed E-state index contributed by atoms with van der Waals surface area (Å²) in [6.45, 7) is 0. The smallest absolute Gasteiger partial charge is 0.335 e. The lowest BCUT2D eigenvalue weighted by atomic mass is 10.1. The number of nitrogens with one attached hydrogen (secondary N) is 1. The number of hydrogen-bond acceptors (Lipinski definition) is 3. The third-order valence-electron chi connectivity index (χ3n) is 2.92. The van der Waals surface area contributed by atoms with Crippen LogP contribution in [0.25, 0.3) is 6.08 Å². The highest BCUT2D eigenvalue weighted by atomic mass is 35.5. The molecule has 0 fully saturated rings. The summed E-state index contributed by atoms with van der Waals surface area (Å²) in [6, 6.07) is 14.2. The van der Waals surface area contributed by atoms with Crippen molar-refractivity contribution >= 4 is 35.2 Å². The van der Waals surface area contributed by atoms with E-state index in [0.29, 0.717) is 16.3 Å². The van der Waals surface area contributed by atoms with Gasteiger partial charge in [0.05, 0.1) is 5.56 Å². The minimum atomic E-state index is -1.04. The monoisotopic (exact) mass is 326 g/mol. The topological polar surface area (TPSA) is 90.2 Å². The molecular weight excluding hydrogens is 316 g/mol. The van der Waals surface area contributed by atoms with Gasteiger partial charge < -0.3 is 10.4 Å². The van der Waals surface area contributed by atoms with E-state index in [2.05, 4.69) is 5.32 Å². The van der Waals surface area contributed by atoms with Gasteiger partial charge >= 0.3 is 5.97 Å². The Balaban J connectivity index is 2.19. The van der Waals surface area contributed by atoms with Crippen molar-refractivity contribution in [2.75, 3.05) is 5.32 Å². The fourth-order valence-electron chi connectivity index (χ4n) is 1.80. The number of rotatable bonds is 4. The van der Waals surface area contributed by atoms with Crippen LogP contribution >= 0.6 is 11.6 Å². The number of hydrogen-bond donors (Lipinski definition) is 2. The predicted molar refractivity (Wildman–Crippen MR) is 87.1 cm³/mol. The third kappa shape index (κ3) is 4.43. The van der Waals surface area contributed by atoms with Crippen LogP contribution in [0.2, 0.25) is 5.02 Å². The first-order valence-corrected chi connectivity index (χ1v) is 6.89. The van der Waals surface area contributed by atoms with Gasteiger partial charge in [-0.05, 0) is 42.0 Å². The fraction of sp³-hybridized carbons (Fsp3) is 0. The number of carbonyl (C=O) groups is 2. The highest BCUT2D eigenvalue weighted by Crippen LogP contribution is 2.16. The van der Waals surface area contributed by atoms with Crippen LogP contribution in [0.4, 0.5) is 5.69 Å². The van der Waals surface area contributed by atoms with Crippen molar-refractivity contribution in [3.8, 4) is 6.07 Å². The molecule has 2 rings (SSSR count). The van der Waals surface area contributed by atoms with E-state index in [1.165, 1.54) is 30.3 Å². The quantitative estimate of drug-likeness (QED) is 0.663. The summed E-state index contributed by atoms with van der Waals surface area (Å²) in [5.74, 6) is -1.61. The third-order valence-corrected chi connectivity index (χ3v) is 3.15. The van der Waals surface area contributed by atoms with E-state index in [0.717, 1.165) is 0 Å². The van der Waals surface area contributed by atoms with Crippen LogP contribution in [-0.2, 0) is 4.79 Å². The molecule has 0 aliphatic rings. The Morgan fingerprint density at radius 1 is 1.17 bits per heavy atom. The normalized spacial score (nSPS) is 10.7. The van der Waals surface area contributed by atoms with E-state index in [1.54, 1.807) is 24.3 Å². The van der Waals surface area contributed by atoms with Gasteiger partial charge in [0.15, 0.2) is 0 Å². The molecule has 2 aromatic carbocycles. The number of nitriles is 1. The highest BCUT2D eigenvalue weighted by Gasteiger charge is 2.10. The highest BCUT2D eigenvalue weighted by molar-refractivity contribution is 6.31. The van der Waals surface area contributed by atoms with Gasteiger partial charge in [-0.3, -0.25) is 4.79 Å². The summed E-state index contributed by atoms with van der Waals surface area (Å²) in [5, 5.41) is 21.0. The molecule has 0 spiro atoms. The molecule has 1 amide bonds. The van der Waals surface area contributed by atoms with Gasteiger partial charge in [-0.2, -0.15) is 5.26 Å². The Morgan fingerprint density at radius 3 is 2.43 bits per heavy atom. The van der Waals surface area contributed by atoms with Crippen LogP contribution in [0, 0.1) is 11.3 Å². The molecule has 2 N–H and O–H groups in total. The van der Waals surface area contributed by atoms with Gasteiger partial charge in [-0.25, -0.2) is 4.79 Å². The van der Waals surface area contributed by atoms with Crippen molar-refractivity contribution < 1.29 is 14.7 Å². The fourth-order valence-corrected chi connectivity index (χ4v) is 1.99. The van der Waals surface area contributed by atoms with Crippen LogP contribution in [-0.4, -0.2) is 17.0 Å². The predicted octanol–water partition coefficient (Wildman–Crippen LogP) is 3.58. The van der Waals surface area contributed by atoms with Crippen molar-refractivity contribution in [1.82, 2.24) is 0 Å². The van der Waals surface area contributed by atoms with Gasteiger partial charge in [0.1, 0.15) is 11.6 Å². The number of aromatic carboxylic acids is 1. The Kier molecular flexibility index (Phi) is 5.13. The molecule has 0 aliphatic heterocycles. The molecule has 0 saturated carbocycles. The summed E-state index contributed by atoms with van der Waals surface area (Å²) in [5.41, 5.74) is 1.05. The van der Waals surface area contributed by atoms with Crippen LogP contribution in [0.1, 0.15) is 15.9 Å². The summed E-state index contributed by atoms with van der Waals surface area (Å²) in [4.78, 5) is 22.9. The zero-order chi connectivity index (χ0) is 16.8. The number of anilines is 1. The second kappa shape index (κ2) is 7.25. The number of benzene rings is 2. The Morgan fingerprint density at radius 2 is 1.87 bits per heavy atom. The number of carbonyl (C=O) groups excluding carboxylic acids is 1. The molecule has 0 radical (unpaired) electrons. The molecule has 23 heavy (non-hydrogen) atoms. The zero-order valence-corrected chi connectivity index (χ0v) is 12.5. The molecule has 0 heterocycles. The van der Waals surface area contributed by atoms with E-state index >= 15 is 0 Å². The van der Waals surface area contributed by atoms with Gasteiger partial charge in [0.2, 0.25) is 0 Å². The Hall–Kier alpha value is -3.10. The number of carboxylic acid groups (broad SMARTS) is 1. The maximum absolute atomic E-state index is 12.1. The zero-order valence-electron chi connectivity index (χ0n) is 11.8. The second-order valence-corrected chi connectivity index (χ2v) is 5.00. The first-order chi connectivity index (χ1) is 11.0. The van der Waals surface area contributed by atoms with Gasteiger partial charge in [0.25, 0.3) is 5.91 Å². The van der Waals surface area contributed by atoms with E-state index in [-0.39, 0.29) is 11.1 Å². The Labute approximate surface area is 137 Å². The molecule has 6 heteroatoms. The van der Waals surface area contributed by atoms with Crippen LogP contribution in [0.3, 0.4) is 0 Å². The largest absolute Gasteiger partial charge is 0.478 e. The van der Waals surface area contributed by atoms with Gasteiger partial charge in [-0.15, -0.1) is 0 Å².